The average Bonchev–Trinajstić information content (AvgIpc) is 2.51. The van der Waals surface area contributed by atoms with E-state index in [4.69, 9.17) is 9.47 Å². The van der Waals surface area contributed by atoms with Crippen molar-refractivity contribution in [3.8, 4) is 5.75 Å². The van der Waals surface area contributed by atoms with Crippen molar-refractivity contribution < 1.29 is 9.47 Å². The fourth-order valence-corrected chi connectivity index (χ4v) is 2.06. The van der Waals surface area contributed by atoms with Gasteiger partial charge < -0.3 is 14.8 Å². The molecule has 0 spiro atoms. The van der Waals surface area contributed by atoms with Crippen LogP contribution in [0.15, 0.2) is 42.7 Å². The lowest BCUT2D eigenvalue weighted by molar-refractivity contribution is 0.145. The fraction of sp³-hybridized carbons (Fsp3) is 0.333. The van der Waals surface area contributed by atoms with Gasteiger partial charge in [0, 0.05) is 18.9 Å². The number of para-hydroxylation sites is 1. The molecule has 106 valence electrons. The van der Waals surface area contributed by atoms with E-state index < -0.39 is 0 Å². The maximum Gasteiger partial charge on any atom is 0.124 e. The molecule has 0 saturated heterocycles. The summed E-state index contributed by atoms with van der Waals surface area (Å²) in [4.78, 5) is 0. The quantitative estimate of drug-likeness (QED) is 0.780. The van der Waals surface area contributed by atoms with Gasteiger partial charge in [0.15, 0.2) is 0 Å². The predicted molar refractivity (Wildman–Crippen MR) is 76.7 cm³/mol. The van der Waals surface area contributed by atoms with E-state index in [1.54, 1.807) is 19.5 Å². The van der Waals surface area contributed by atoms with E-state index in [0.717, 1.165) is 16.9 Å². The number of aromatic nitrogens is 2. The van der Waals surface area contributed by atoms with Crippen LogP contribution in [0.25, 0.3) is 0 Å². The largest absolute Gasteiger partial charge is 0.491 e. The Balaban J connectivity index is 2.25. The molecule has 5 heteroatoms. The molecule has 0 bridgehead atoms. The number of hydrogen-bond donors (Lipinski definition) is 1. The van der Waals surface area contributed by atoms with Crippen LogP contribution in [-0.4, -0.2) is 37.6 Å². The lowest BCUT2D eigenvalue weighted by Gasteiger charge is -2.20. The van der Waals surface area contributed by atoms with Crippen LogP contribution in [0.5, 0.6) is 5.75 Å². The molecule has 0 radical (unpaired) electrons. The highest BCUT2D eigenvalue weighted by atomic mass is 16.5. The van der Waals surface area contributed by atoms with Crippen LogP contribution in [0.4, 0.5) is 0 Å². The third kappa shape index (κ3) is 3.53. The molecular formula is C15H19N3O2. The molecule has 20 heavy (non-hydrogen) atoms. The molecule has 2 aromatic rings. The second-order valence-electron chi connectivity index (χ2n) is 4.28. The van der Waals surface area contributed by atoms with Gasteiger partial charge in [-0.25, -0.2) is 0 Å². The van der Waals surface area contributed by atoms with E-state index in [1.165, 1.54) is 0 Å². The summed E-state index contributed by atoms with van der Waals surface area (Å²) in [5.74, 6) is 0.848. The molecule has 1 atom stereocenters. The van der Waals surface area contributed by atoms with Crippen molar-refractivity contribution in [1.82, 2.24) is 15.5 Å². The third-order valence-electron chi connectivity index (χ3n) is 3.00. The Kier molecular flexibility index (Phi) is 5.46. The smallest absolute Gasteiger partial charge is 0.124 e. The first-order valence-corrected chi connectivity index (χ1v) is 6.51. The second-order valence-corrected chi connectivity index (χ2v) is 4.28. The SMILES string of the molecule is CNC(c1ccnnc1)c1ccccc1OCCOC. The summed E-state index contributed by atoms with van der Waals surface area (Å²) in [6, 6.07) is 9.93. The van der Waals surface area contributed by atoms with Crippen molar-refractivity contribution >= 4 is 0 Å². The summed E-state index contributed by atoms with van der Waals surface area (Å²) in [5.41, 5.74) is 2.12. The molecule has 0 fully saturated rings. The number of rotatable bonds is 7. The van der Waals surface area contributed by atoms with Crippen LogP contribution in [0.3, 0.4) is 0 Å². The molecule has 1 heterocycles. The summed E-state index contributed by atoms with van der Waals surface area (Å²) in [5, 5.41) is 11.0. The van der Waals surface area contributed by atoms with Crippen molar-refractivity contribution in [3.05, 3.63) is 53.9 Å². The van der Waals surface area contributed by atoms with Gasteiger partial charge in [-0.05, 0) is 24.7 Å². The zero-order valence-electron chi connectivity index (χ0n) is 11.7. The monoisotopic (exact) mass is 273 g/mol. The highest BCUT2D eigenvalue weighted by molar-refractivity contribution is 5.40. The minimum absolute atomic E-state index is 0.0178. The normalized spacial score (nSPS) is 12.1. The second kappa shape index (κ2) is 7.57. The number of nitrogens with zero attached hydrogens (tertiary/aromatic N) is 2. The molecule has 5 nitrogen and oxygen atoms in total. The van der Waals surface area contributed by atoms with Gasteiger partial charge >= 0.3 is 0 Å². The van der Waals surface area contributed by atoms with E-state index in [1.807, 2.05) is 37.4 Å². The van der Waals surface area contributed by atoms with Gasteiger partial charge in [0.1, 0.15) is 12.4 Å². The van der Waals surface area contributed by atoms with Gasteiger partial charge in [0.05, 0.1) is 18.8 Å². The first-order chi connectivity index (χ1) is 9.86. The standard InChI is InChI=1S/C15H19N3O2/c1-16-15(12-7-8-17-18-11-12)13-5-3-4-6-14(13)20-10-9-19-2/h3-8,11,15-16H,9-10H2,1-2H3. The van der Waals surface area contributed by atoms with Gasteiger partial charge in [-0.3, -0.25) is 0 Å². The Morgan fingerprint density at radius 3 is 2.70 bits per heavy atom. The minimum Gasteiger partial charge on any atom is -0.491 e. The third-order valence-corrected chi connectivity index (χ3v) is 3.00. The van der Waals surface area contributed by atoms with Gasteiger partial charge in [-0.1, -0.05) is 18.2 Å². The number of nitrogens with one attached hydrogen (secondary N) is 1. The lowest BCUT2D eigenvalue weighted by Crippen LogP contribution is -2.19. The number of hydrogen-bond acceptors (Lipinski definition) is 5. The zero-order chi connectivity index (χ0) is 14.2. The summed E-state index contributed by atoms with van der Waals surface area (Å²) in [6.07, 6.45) is 3.45. The van der Waals surface area contributed by atoms with Crippen molar-refractivity contribution in [1.29, 1.82) is 0 Å². The Morgan fingerprint density at radius 2 is 2.00 bits per heavy atom. The van der Waals surface area contributed by atoms with Gasteiger partial charge in [0.25, 0.3) is 0 Å². The van der Waals surface area contributed by atoms with Gasteiger partial charge in [-0.2, -0.15) is 10.2 Å². The number of ether oxygens (including phenoxy) is 2. The van der Waals surface area contributed by atoms with Crippen molar-refractivity contribution in [2.75, 3.05) is 27.4 Å². The Bertz CT molecular complexity index is 520. The van der Waals surface area contributed by atoms with E-state index >= 15 is 0 Å². The van der Waals surface area contributed by atoms with E-state index in [0.29, 0.717) is 13.2 Å². The molecule has 0 saturated carbocycles. The molecular weight excluding hydrogens is 254 g/mol. The number of methoxy groups -OCH3 is 1. The van der Waals surface area contributed by atoms with Crippen LogP contribution in [0.1, 0.15) is 17.2 Å². The fourth-order valence-electron chi connectivity index (χ4n) is 2.06. The van der Waals surface area contributed by atoms with Crippen LogP contribution in [0.2, 0.25) is 0 Å². The summed E-state index contributed by atoms with van der Waals surface area (Å²) in [7, 11) is 3.57. The average molecular weight is 273 g/mol. The molecule has 2 rings (SSSR count). The van der Waals surface area contributed by atoms with Gasteiger partial charge in [0.2, 0.25) is 0 Å². The van der Waals surface area contributed by atoms with Crippen molar-refractivity contribution in [2.24, 2.45) is 0 Å². The molecule has 0 aliphatic carbocycles. The van der Waals surface area contributed by atoms with Crippen molar-refractivity contribution in [3.63, 3.8) is 0 Å². The van der Waals surface area contributed by atoms with Crippen LogP contribution >= 0.6 is 0 Å². The Labute approximate surface area is 118 Å². The zero-order valence-corrected chi connectivity index (χ0v) is 11.7. The Hall–Kier alpha value is -1.98. The first-order valence-electron chi connectivity index (χ1n) is 6.51. The van der Waals surface area contributed by atoms with Gasteiger partial charge in [-0.15, -0.1) is 0 Å². The summed E-state index contributed by atoms with van der Waals surface area (Å²) in [6.45, 7) is 1.09. The highest BCUT2D eigenvalue weighted by Crippen LogP contribution is 2.29. The van der Waals surface area contributed by atoms with E-state index in [9.17, 15) is 0 Å². The predicted octanol–water partition coefficient (Wildman–Crippen LogP) is 1.81. The highest BCUT2D eigenvalue weighted by Gasteiger charge is 2.16. The van der Waals surface area contributed by atoms with Crippen LogP contribution in [-0.2, 0) is 4.74 Å². The van der Waals surface area contributed by atoms with E-state index in [-0.39, 0.29) is 6.04 Å². The Morgan fingerprint density at radius 1 is 1.15 bits per heavy atom. The summed E-state index contributed by atoms with van der Waals surface area (Å²) < 4.78 is 10.8. The minimum atomic E-state index is 0.0178. The molecule has 0 aliphatic rings. The number of benzene rings is 1. The molecule has 1 N–H and O–H groups in total. The van der Waals surface area contributed by atoms with Crippen molar-refractivity contribution in [2.45, 2.75) is 6.04 Å². The molecule has 1 unspecified atom stereocenters. The molecule has 0 aliphatic heterocycles. The lowest BCUT2D eigenvalue weighted by atomic mass is 10.00. The van der Waals surface area contributed by atoms with E-state index in [2.05, 4.69) is 15.5 Å². The van der Waals surface area contributed by atoms with Crippen LogP contribution in [0, 0.1) is 0 Å². The summed E-state index contributed by atoms with van der Waals surface area (Å²) >= 11 is 0. The maximum atomic E-state index is 5.78. The maximum absolute atomic E-state index is 5.78. The molecule has 1 aromatic carbocycles. The first kappa shape index (κ1) is 14.4. The molecule has 1 aromatic heterocycles. The van der Waals surface area contributed by atoms with Crippen LogP contribution < -0.4 is 10.1 Å². The molecule has 0 amide bonds. The topological polar surface area (TPSA) is 56.3 Å².